The number of ether oxygens (including phenoxy) is 1. The molecule has 0 aliphatic carbocycles. The van der Waals surface area contributed by atoms with E-state index in [1.54, 1.807) is 24.4 Å². The molecule has 1 amide bonds. The maximum Gasteiger partial charge on any atom is 0.255 e. The van der Waals surface area contributed by atoms with Crippen LogP contribution in [0.4, 0.5) is 21.7 Å². The molecule has 0 saturated heterocycles. The number of anilines is 3. The van der Waals surface area contributed by atoms with Crippen LogP contribution in [0, 0.1) is 5.82 Å². The summed E-state index contributed by atoms with van der Waals surface area (Å²) in [7, 11) is 4.00. The number of hydrogen-bond acceptors (Lipinski definition) is 7. The zero-order valence-corrected chi connectivity index (χ0v) is 25.3. The molecule has 0 radical (unpaired) electrons. The third-order valence-corrected chi connectivity index (χ3v) is 7.14. The second-order valence-electron chi connectivity index (χ2n) is 10.5. The molecule has 0 unspecified atom stereocenters. The number of nitrogens with one attached hydrogen (secondary N) is 2. The molecule has 3 aromatic heterocycles. The zero-order valence-electron chi connectivity index (χ0n) is 24.5. The predicted octanol–water partition coefficient (Wildman–Crippen LogP) is 7.19. The highest BCUT2D eigenvalue weighted by molar-refractivity contribution is 6.31. The van der Waals surface area contributed by atoms with E-state index in [2.05, 4.69) is 20.5 Å². The third kappa shape index (κ3) is 6.93. The summed E-state index contributed by atoms with van der Waals surface area (Å²) in [5, 5.41) is 6.19. The van der Waals surface area contributed by atoms with E-state index in [-0.39, 0.29) is 5.69 Å². The van der Waals surface area contributed by atoms with E-state index in [4.69, 9.17) is 26.3 Å². The third-order valence-electron chi connectivity index (χ3n) is 6.90. The fourth-order valence-electron chi connectivity index (χ4n) is 4.73. The lowest BCUT2D eigenvalue weighted by Gasteiger charge is -2.12. The minimum Gasteiger partial charge on any atom is -0.492 e. The Morgan fingerprint density at radius 2 is 1.84 bits per heavy atom. The van der Waals surface area contributed by atoms with Crippen LogP contribution < -0.4 is 15.4 Å². The molecule has 0 saturated carbocycles. The Morgan fingerprint density at radius 3 is 2.71 bits per heavy atom. The van der Waals surface area contributed by atoms with Crippen LogP contribution in [0.3, 0.4) is 0 Å². The molecule has 0 bridgehead atoms. The Hall–Kier alpha value is -5.32. The second kappa shape index (κ2) is 13.1. The summed E-state index contributed by atoms with van der Waals surface area (Å²) >= 11 is 6.01. The van der Waals surface area contributed by atoms with Crippen molar-refractivity contribution in [3.63, 3.8) is 0 Å². The number of pyridine rings is 1. The average Bonchev–Trinajstić information content (AvgIpc) is 3.43. The number of fused-ring (bicyclic) bond motifs is 1. The van der Waals surface area contributed by atoms with Crippen LogP contribution in [0.5, 0.6) is 5.75 Å². The highest BCUT2D eigenvalue weighted by Crippen LogP contribution is 2.33. The van der Waals surface area contributed by atoms with Gasteiger partial charge in [-0.1, -0.05) is 35.9 Å². The Balaban J connectivity index is 1.32. The highest BCUT2D eigenvalue weighted by Gasteiger charge is 2.19. The molecule has 2 N–H and O–H groups in total. The molecule has 3 heterocycles. The van der Waals surface area contributed by atoms with Gasteiger partial charge in [-0.05, 0) is 74.8 Å². The van der Waals surface area contributed by atoms with Crippen molar-refractivity contribution in [3.05, 3.63) is 120 Å². The van der Waals surface area contributed by atoms with Crippen LogP contribution in [0.15, 0.2) is 103 Å². The van der Waals surface area contributed by atoms with E-state index in [1.165, 1.54) is 18.2 Å². The number of imidazole rings is 1. The molecule has 6 aromatic rings. The summed E-state index contributed by atoms with van der Waals surface area (Å²) in [5.41, 5.74) is 4.45. The first-order valence-corrected chi connectivity index (χ1v) is 14.5. The predicted molar refractivity (Wildman–Crippen MR) is 175 cm³/mol. The van der Waals surface area contributed by atoms with Crippen LogP contribution >= 0.6 is 11.6 Å². The minimum absolute atomic E-state index is 0.00185. The number of hydrogen-bond donors (Lipinski definition) is 2. The van der Waals surface area contributed by atoms with Gasteiger partial charge < -0.3 is 20.3 Å². The SMILES string of the molecule is CN(C)CCOc1cccc(Nc2nccc(-c3c(-c4cccc(C(=O)Nc5cc(Cl)ccc5F)c4)nc4ccccn34)n2)c1. The molecule has 0 spiro atoms. The van der Waals surface area contributed by atoms with Gasteiger partial charge in [0, 0.05) is 46.8 Å². The van der Waals surface area contributed by atoms with Crippen molar-refractivity contribution in [2.24, 2.45) is 0 Å². The van der Waals surface area contributed by atoms with E-state index < -0.39 is 11.7 Å². The van der Waals surface area contributed by atoms with Crippen molar-refractivity contribution >= 4 is 40.5 Å². The number of carbonyl (C=O) groups is 1. The number of benzene rings is 3. The molecule has 45 heavy (non-hydrogen) atoms. The van der Waals surface area contributed by atoms with Gasteiger partial charge in [-0.2, -0.15) is 0 Å². The molecular weight excluding hydrogens is 593 g/mol. The molecule has 0 aliphatic heterocycles. The average molecular weight is 622 g/mol. The fraction of sp³-hybridized carbons (Fsp3) is 0.118. The lowest BCUT2D eigenvalue weighted by Crippen LogP contribution is -2.19. The first kappa shape index (κ1) is 29.7. The van der Waals surface area contributed by atoms with E-state index >= 15 is 0 Å². The number of amides is 1. The van der Waals surface area contributed by atoms with Gasteiger partial charge in [0.25, 0.3) is 5.91 Å². The van der Waals surface area contributed by atoms with E-state index in [9.17, 15) is 9.18 Å². The molecule has 0 aliphatic rings. The number of halogens is 2. The van der Waals surface area contributed by atoms with Crippen molar-refractivity contribution in [1.82, 2.24) is 24.3 Å². The summed E-state index contributed by atoms with van der Waals surface area (Å²) in [6.45, 7) is 1.37. The van der Waals surface area contributed by atoms with Gasteiger partial charge in [-0.3, -0.25) is 9.20 Å². The van der Waals surface area contributed by atoms with Crippen molar-refractivity contribution in [2.75, 3.05) is 37.9 Å². The number of nitrogens with zero attached hydrogens (tertiary/aromatic N) is 5. The van der Waals surface area contributed by atoms with Gasteiger partial charge in [0.2, 0.25) is 5.95 Å². The molecule has 11 heteroatoms. The summed E-state index contributed by atoms with van der Waals surface area (Å²) in [6, 6.07) is 26.1. The van der Waals surface area contributed by atoms with E-state index in [1.807, 2.05) is 79.3 Å². The van der Waals surface area contributed by atoms with Crippen molar-refractivity contribution in [1.29, 1.82) is 0 Å². The molecule has 226 valence electrons. The molecule has 0 atom stereocenters. The van der Waals surface area contributed by atoms with Crippen LogP contribution in [-0.2, 0) is 0 Å². The van der Waals surface area contributed by atoms with Gasteiger partial charge in [-0.25, -0.2) is 19.3 Å². The van der Waals surface area contributed by atoms with Crippen molar-refractivity contribution < 1.29 is 13.9 Å². The van der Waals surface area contributed by atoms with Crippen molar-refractivity contribution in [3.8, 4) is 28.4 Å². The van der Waals surface area contributed by atoms with Gasteiger partial charge in [0.1, 0.15) is 23.8 Å². The lowest BCUT2D eigenvalue weighted by molar-refractivity contribution is 0.102. The van der Waals surface area contributed by atoms with E-state index in [0.717, 1.165) is 23.7 Å². The maximum absolute atomic E-state index is 14.3. The number of carbonyl (C=O) groups excluding carboxylic acids is 1. The first-order chi connectivity index (χ1) is 21.8. The monoisotopic (exact) mass is 621 g/mol. The largest absolute Gasteiger partial charge is 0.492 e. The standard InChI is InChI=1S/C34H29ClFN7O2/c1-42(2)17-18-45-26-10-6-9-25(21-26)38-34-37-15-14-28(40-34)32-31(41-30-11-3-4-16-43(30)32)22-7-5-8-23(19-22)33(44)39-29-20-24(35)12-13-27(29)36/h3-16,19-21H,17-18H2,1-2H3,(H,39,44)(H,37,38,40). The summed E-state index contributed by atoms with van der Waals surface area (Å²) in [6.07, 6.45) is 3.58. The highest BCUT2D eigenvalue weighted by atomic mass is 35.5. The Labute approximate surface area is 264 Å². The van der Waals surface area contributed by atoms with Crippen LogP contribution in [0.25, 0.3) is 28.3 Å². The summed E-state index contributed by atoms with van der Waals surface area (Å²) in [4.78, 5) is 29.3. The number of likely N-dealkylation sites (N-methyl/N-ethyl adjacent to an activating group) is 1. The molecule has 9 nitrogen and oxygen atoms in total. The summed E-state index contributed by atoms with van der Waals surface area (Å²) in [5.74, 6) is 0.0728. The molecular formula is C34H29ClFN7O2. The van der Waals surface area contributed by atoms with Crippen LogP contribution in [0.1, 0.15) is 10.4 Å². The van der Waals surface area contributed by atoms with Gasteiger partial charge >= 0.3 is 0 Å². The fourth-order valence-corrected chi connectivity index (χ4v) is 4.90. The minimum atomic E-state index is -0.580. The van der Waals surface area contributed by atoms with Gasteiger partial charge in [-0.15, -0.1) is 0 Å². The van der Waals surface area contributed by atoms with E-state index in [0.29, 0.717) is 45.7 Å². The maximum atomic E-state index is 14.3. The first-order valence-electron chi connectivity index (χ1n) is 14.2. The zero-order chi connectivity index (χ0) is 31.3. The normalized spacial score (nSPS) is 11.1. The number of rotatable bonds is 10. The van der Waals surface area contributed by atoms with Crippen molar-refractivity contribution in [2.45, 2.75) is 0 Å². The topological polar surface area (TPSA) is 96.7 Å². The Morgan fingerprint density at radius 1 is 0.978 bits per heavy atom. The molecule has 6 rings (SSSR count). The summed E-state index contributed by atoms with van der Waals surface area (Å²) < 4.78 is 22.1. The number of aromatic nitrogens is 4. The van der Waals surface area contributed by atoms with Gasteiger partial charge in [0.05, 0.1) is 22.8 Å². The second-order valence-corrected chi connectivity index (χ2v) is 10.9. The smallest absolute Gasteiger partial charge is 0.255 e. The van der Waals surface area contributed by atoms with Crippen LogP contribution in [0.2, 0.25) is 5.02 Å². The Kier molecular flexibility index (Phi) is 8.68. The lowest BCUT2D eigenvalue weighted by atomic mass is 10.0. The molecule has 0 fully saturated rings. The molecule has 3 aromatic carbocycles. The van der Waals surface area contributed by atoms with Gasteiger partial charge in [0.15, 0.2) is 0 Å². The Bertz CT molecular complexity index is 2000. The van der Waals surface area contributed by atoms with Crippen LogP contribution in [-0.4, -0.2) is 57.4 Å². The quantitative estimate of drug-likeness (QED) is 0.167.